The number of carbonyl (C=O) groups excluding carboxylic acids is 1. The second-order valence-electron chi connectivity index (χ2n) is 6.09. The quantitative estimate of drug-likeness (QED) is 0.628. The second-order valence-corrected chi connectivity index (χ2v) is 6.09. The Kier molecular flexibility index (Phi) is 5.18. The van der Waals surface area contributed by atoms with Crippen LogP contribution >= 0.6 is 0 Å². The van der Waals surface area contributed by atoms with Gasteiger partial charge in [0.2, 0.25) is 0 Å². The molecule has 0 radical (unpaired) electrons. The van der Waals surface area contributed by atoms with Gasteiger partial charge in [-0.2, -0.15) is 13.2 Å². The third kappa shape index (κ3) is 4.48. The fourth-order valence-corrected chi connectivity index (χ4v) is 2.84. The van der Waals surface area contributed by atoms with Crippen molar-refractivity contribution in [2.24, 2.45) is 0 Å². The number of alkyl halides is 3. The number of hydrogen-bond acceptors (Lipinski definition) is 1. The Morgan fingerprint density at radius 2 is 1.70 bits per heavy atom. The molecule has 0 bridgehead atoms. The molecule has 3 aromatic rings. The Morgan fingerprint density at radius 1 is 1.00 bits per heavy atom. The lowest BCUT2D eigenvalue weighted by Crippen LogP contribution is -2.25. The molecule has 3 rings (SSSR count). The van der Waals surface area contributed by atoms with E-state index in [1.807, 2.05) is 49.4 Å². The Hall–Kier alpha value is -3.26. The van der Waals surface area contributed by atoms with Crippen LogP contribution in [0.25, 0.3) is 10.8 Å². The molecule has 0 fully saturated rings. The maximum atomic E-state index is 12.7. The predicted molar refractivity (Wildman–Crippen MR) is 98.8 cm³/mol. The first-order chi connectivity index (χ1) is 12.8. The van der Waals surface area contributed by atoms with Gasteiger partial charge in [-0.1, -0.05) is 54.5 Å². The molecular formula is C22H16F3NO. The van der Waals surface area contributed by atoms with Crippen LogP contribution in [0, 0.1) is 11.8 Å². The number of amides is 1. The third-order valence-corrected chi connectivity index (χ3v) is 4.15. The average Bonchev–Trinajstić information content (AvgIpc) is 2.65. The largest absolute Gasteiger partial charge is 0.416 e. The molecule has 136 valence electrons. The van der Waals surface area contributed by atoms with Crippen molar-refractivity contribution in [3.8, 4) is 11.8 Å². The van der Waals surface area contributed by atoms with E-state index in [2.05, 4.69) is 17.2 Å². The Labute approximate surface area is 155 Å². The Bertz CT molecular complexity index is 1040. The van der Waals surface area contributed by atoms with Gasteiger partial charge in [-0.05, 0) is 41.5 Å². The van der Waals surface area contributed by atoms with Crippen LogP contribution in [0.2, 0.25) is 0 Å². The van der Waals surface area contributed by atoms with Crippen LogP contribution in [0.4, 0.5) is 13.2 Å². The number of rotatable bonds is 2. The predicted octanol–water partition coefficient (Wildman–Crippen LogP) is 5.09. The van der Waals surface area contributed by atoms with Crippen LogP contribution in [0.1, 0.15) is 29.7 Å². The summed E-state index contributed by atoms with van der Waals surface area (Å²) < 4.78 is 38.2. The topological polar surface area (TPSA) is 29.1 Å². The lowest BCUT2D eigenvalue weighted by atomic mass is 10.00. The Balaban J connectivity index is 1.76. The number of nitrogens with one attached hydrogen (secondary N) is 1. The maximum absolute atomic E-state index is 12.7. The molecule has 0 aliphatic heterocycles. The molecule has 0 saturated carbocycles. The van der Waals surface area contributed by atoms with E-state index in [1.54, 1.807) is 0 Å². The molecule has 2 nitrogen and oxygen atoms in total. The zero-order chi connectivity index (χ0) is 19.4. The van der Waals surface area contributed by atoms with Gasteiger partial charge in [-0.25, -0.2) is 0 Å². The van der Waals surface area contributed by atoms with Crippen molar-refractivity contribution < 1.29 is 18.0 Å². The summed E-state index contributed by atoms with van der Waals surface area (Å²) in [7, 11) is 0. The number of hydrogen-bond donors (Lipinski definition) is 1. The van der Waals surface area contributed by atoms with E-state index >= 15 is 0 Å². The smallest absolute Gasteiger partial charge is 0.339 e. The van der Waals surface area contributed by atoms with Crippen LogP contribution < -0.4 is 5.32 Å². The fourth-order valence-electron chi connectivity index (χ4n) is 2.84. The minimum Gasteiger partial charge on any atom is -0.339 e. The first-order valence-corrected chi connectivity index (χ1v) is 8.32. The normalized spacial score (nSPS) is 12.1. The van der Waals surface area contributed by atoms with Gasteiger partial charge >= 0.3 is 6.18 Å². The summed E-state index contributed by atoms with van der Waals surface area (Å²) in [6, 6.07) is 17.9. The number of fused-ring (bicyclic) bond motifs is 1. The monoisotopic (exact) mass is 367 g/mol. The second kappa shape index (κ2) is 7.55. The van der Waals surface area contributed by atoms with Gasteiger partial charge in [0.15, 0.2) is 0 Å². The maximum Gasteiger partial charge on any atom is 0.416 e. The number of carbonyl (C=O) groups is 1. The molecule has 5 heteroatoms. The molecule has 1 N–H and O–H groups in total. The van der Waals surface area contributed by atoms with E-state index in [0.29, 0.717) is 0 Å². The van der Waals surface area contributed by atoms with Crippen LogP contribution in [-0.2, 0) is 11.0 Å². The molecular weight excluding hydrogens is 351 g/mol. The summed E-state index contributed by atoms with van der Waals surface area (Å²) in [6.45, 7) is 1.84. The van der Waals surface area contributed by atoms with Gasteiger partial charge in [0, 0.05) is 11.5 Å². The molecule has 27 heavy (non-hydrogen) atoms. The summed E-state index contributed by atoms with van der Waals surface area (Å²) in [5.41, 5.74) is 0.291. The lowest BCUT2D eigenvalue weighted by molar-refractivity contribution is -0.137. The molecule has 3 aromatic carbocycles. The first kappa shape index (κ1) is 18.5. The first-order valence-electron chi connectivity index (χ1n) is 8.32. The van der Waals surface area contributed by atoms with Crippen molar-refractivity contribution in [2.75, 3.05) is 0 Å². The summed E-state index contributed by atoms with van der Waals surface area (Å²) in [6.07, 6.45) is -4.44. The minimum atomic E-state index is -4.44. The van der Waals surface area contributed by atoms with Crippen LogP contribution in [0.3, 0.4) is 0 Å². The van der Waals surface area contributed by atoms with Gasteiger partial charge in [-0.3, -0.25) is 4.79 Å². The molecule has 0 saturated heterocycles. The lowest BCUT2D eigenvalue weighted by Gasteiger charge is -2.15. The van der Waals surface area contributed by atoms with E-state index in [9.17, 15) is 18.0 Å². The number of halogens is 3. The van der Waals surface area contributed by atoms with Gasteiger partial charge in [0.05, 0.1) is 11.6 Å². The van der Waals surface area contributed by atoms with Crippen molar-refractivity contribution in [2.45, 2.75) is 19.1 Å². The van der Waals surface area contributed by atoms with Gasteiger partial charge in [0.1, 0.15) is 0 Å². The molecule has 1 unspecified atom stereocenters. The Morgan fingerprint density at radius 3 is 2.48 bits per heavy atom. The SMILES string of the molecule is CC(NC(=O)C#Cc1cccc(C(F)(F)F)c1)c1cccc2ccccc12. The van der Waals surface area contributed by atoms with E-state index in [4.69, 9.17) is 0 Å². The molecule has 0 aliphatic carbocycles. The van der Waals surface area contributed by atoms with Crippen molar-refractivity contribution in [1.29, 1.82) is 0 Å². The molecule has 0 aliphatic rings. The zero-order valence-electron chi connectivity index (χ0n) is 14.5. The van der Waals surface area contributed by atoms with Crippen molar-refractivity contribution >= 4 is 16.7 Å². The highest BCUT2D eigenvalue weighted by Crippen LogP contribution is 2.29. The standard InChI is InChI=1S/C22H16F3NO/c1-15(19-11-5-8-17-7-2-3-10-20(17)19)26-21(27)13-12-16-6-4-9-18(14-16)22(23,24)25/h2-11,14-15H,1H3,(H,26,27). The summed E-state index contributed by atoms with van der Waals surface area (Å²) in [5, 5.41) is 4.86. The average molecular weight is 367 g/mol. The van der Waals surface area contributed by atoms with Crippen molar-refractivity contribution in [3.05, 3.63) is 83.4 Å². The summed E-state index contributed by atoms with van der Waals surface area (Å²) in [4.78, 5) is 12.1. The molecule has 1 atom stereocenters. The number of benzene rings is 3. The van der Waals surface area contributed by atoms with Gasteiger partial charge in [-0.15, -0.1) is 0 Å². The van der Waals surface area contributed by atoms with Crippen LogP contribution in [-0.4, -0.2) is 5.91 Å². The third-order valence-electron chi connectivity index (χ3n) is 4.15. The molecule has 0 aromatic heterocycles. The molecule has 0 heterocycles. The van der Waals surface area contributed by atoms with E-state index < -0.39 is 17.6 Å². The summed E-state index contributed by atoms with van der Waals surface area (Å²) in [5.74, 6) is 4.30. The van der Waals surface area contributed by atoms with Crippen LogP contribution in [0.15, 0.2) is 66.7 Å². The minimum absolute atomic E-state index is 0.137. The van der Waals surface area contributed by atoms with Crippen molar-refractivity contribution in [1.82, 2.24) is 5.32 Å². The van der Waals surface area contributed by atoms with E-state index in [0.717, 1.165) is 28.5 Å². The summed E-state index contributed by atoms with van der Waals surface area (Å²) >= 11 is 0. The fraction of sp³-hybridized carbons (Fsp3) is 0.136. The highest BCUT2D eigenvalue weighted by atomic mass is 19.4. The van der Waals surface area contributed by atoms with E-state index in [1.165, 1.54) is 12.1 Å². The van der Waals surface area contributed by atoms with Gasteiger partial charge in [0.25, 0.3) is 5.91 Å². The van der Waals surface area contributed by atoms with Gasteiger partial charge < -0.3 is 5.32 Å². The zero-order valence-corrected chi connectivity index (χ0v) is 14.5. The highest BCUT2D eigenvalue weighted by Gasteiger charge is 2.30. The highest BCUT2D eigenvalue weighted by molar-refractivity contribution is 5.95. The van der Waals surface area contributed by atoms with E-state index in [-0.39, 0.29) is 11.6 Å². The van der Waals surface area contributed by atoms with Crippen LogP contribution in [0.5, 0.6) is 0 Å². The molecule has 1 amide bonds. The molecule has 0 spiro atoms. The van der Waals surface area contributed by atoms with Crippen molar-refractivity contribution in [3.63, 3.8) is 0 Å².